The molecule has 4 aromatic rings. The summed E-state index contributed by atoms with van der Waals surface area (Å²) >= 11 is 0. The van der Waals surface area contributed by atoms with Crippen LogP contribution in [0.4, 0.5) is 27.4 Å². The molecule has 9 heteroatoms. The van der Waals surface area contributed by atoms with Crippen LogP contribution in [-0.4, -0.2) is 64.7 Å². The predicted molar refractivity (Wildman–Crippen MR) is 154 cm³/mol. The second-order valence-electron chi connectivity index (χ2n) is 9.64. The lowest BCUT2D eigenvalue weighted by atomic mass is 10.0. The van der Waals surface area contributed by atoms with Crippen LogP contribution in [0.2, 0.25) is 0 Å². The number of hydrogen-bond donors (Lipinski definition) is 3. The molecule has 5 rings (SSSR count). The number of carbonyl (C=O) groups is 1. The SMILES string of the molecule is C=CC(=O)Nc1cccc(-c2cccc3cnc(Nc4ccc(N5CCN(CC(C)O)CC5)c(F)c4)nc23)c1. The number of piperazine rings is 1. The zero-order valence-electron chi connectivity index (χ0n) is 21.8. The van der Waals surface area contributed by atoms with Gasteiger partial charge in [0.25, 0.3) is 0 Å². The van der Waals surface area contributed by atoms with Gasteiger partial charge in [-0.15, -0.1) is 0 Å². The van der Waals surface area contributed by atoms with Gasteiger partial charge in [0.05, 0.1) is 17.3 Å². The number of benzene rings is 3. The number of amides is 1. The normalized spacial score (nSPS) is 14.7. The van der Waals surface area contributed by atoms with Crippen LogP contribution in [0.15, 0.2) is 79.5 Å². The van der Waals surface area contributed by atoms with Crippen molar-refractivity contribution < 1.29 is 14.3 Å². The van der Waals surface area contributed by atoms with Crippen LogP contribution < -0.4 is 15.5 Å². The van der Waals surface area contributed by atoms with Gasteiger partial charge in [-0.1, -0.05) is 36.9 Å². The topological polar surface area (TPSA) is 93.6 Å². The molecule has 39 heavy (non-hydrogen) atoms. The van der Waals surface area contributed by atoms with E-state index in [4.69, 9.17) is 4.98 Å². The fraction of sp³-hybridized carbons (Fsp3) is 0.233. The van der Waals surface area contributed by atoms with Crippen molar-refractivity contribution in [1.82, 2.24) is 14.9 Å². The number of hydrogen-bond acceptors (Lipinski definition) is 7. The van der Waals surface area contributed by atoms with E-state index in [0.717, 1.165) is 35.1 Å². The van der Waals surface area contributed by atoms with Gasteiger partial charge in [-0.3, -0.25) is 9.69 Å². The van der Waals surface area contributed by atoms with Gasteiger partial charge >= 0.3 is 0 Å². The van der Waals surface area contributed by atoms with Crippen LogP contribution in [0.25, 0.3) is 22.0 Å². The number of para-hydroxylation sites is 1. The highest BCUT2D eigenvalue weighted by molar-refractivity contribution is 6.00. The van der Waals surface area contributed by atoms with Gasteiger partial charge in [-0.2, -0.15) is 0 Å². The first-order valence-electron chi connectivity index (χ1n) is 12.9. The minimum absolute atomic E-state index is 0.282. The summed E-state index contributed by atoms with van der Waals surface area (Å²) < 4.78 is 15.1. The lowest BCUT2D eigenvalue weighted by molar-refractivity contribution is -0.111. The molecule has 0 bridgehead atoms. The minimum atomic E-state index is -0.373. The summed E-state index contributed by atoms with van der Waals surface area (Å²) in [5.41, 5.74) is 4.26. The Morgan fingerprint density at radius 1 is 1.10 bits per heavy atom. The summed E-state index contributed by atoms with van der Waals surface area (Å²) in [5, 5.41) is 16.4. The number of rotatable bonds is 8. The van der Waals surface area contributed by atoms with E-state index >= 15 is 4.39 Å². The van der Waals surface area contributed by atoms with Gasteiger partial charge in [-0.05, 0) is 48.9 Å². The Morgan fingerprint density at radius 2 is 1.90 bits per heavy atom. The number of nitrogens with zero attached hydrogens (tertiary/aromatic N) is 4. The standard InChI is InChI=1S/C30H31FN6O2/c1-3-28(39)33-23-8-4-6-21(16-23)25-9-5-7-22-18-32-30(35-29(22)25)34-24-10-11-27(26(31)17-24)37-14-12-36(13-15-37)19-20(2)38/h3-11,16-18,20,38H,1,12-15,19H2,2H3,(H,33,39)(H,32,34,35). The Morgan fingerprint density at radius 3 is 2.64 bits per heavy atom. The highest BCUT2D eigenvalue weighted by atomic mass is 19.1. The van der Waals surface area contributed by atoms with E-state index in [2.05, 4.69) is 27.1 Å². The Labute approximate surface area is 226 Å². The smallest absolute Gasteiger partial charge is 0.247 e. The molecular formula is C30H31FN6O2. The predicted octanol–water partition coefficient (Wildman–Crippen LogP) is 4.81. The number of carbonyl (C=O) groups excluding carboxylic acids is 1. The van der Waals surface area contributed by atoms with E-state index < -0.39 is 0 Å². The molecule has 1 unspecified atom stereocenters. The summed E-state index contributed by atoms with van der Waals surface area (Å²) in [7, 11) is 0. The average Bonchev–Trinajstić information content (AvgIpc) is 2.93. The Kier molecular flexibility index (Phi) is 7.81. The van der Waals surface area contributed by atoms with Crippen LogP contribution in [-0.2, 0) is 4.79 Å². The molecule has 1 aliphatic rings. The molecule has 1 amide bonds. The van der Waals surface area contributed by atoms with Crippen molar-refractivity contribution in [3.05, 3.63) is 85.3 Å². The molecule has 0 spiro atoms. The summed E-state index contributed by atoms with van der Waals surface area (Å²) in [6.07, 6.45) is 2.59. The number of aromatic nitrogens is 2. The minimum Gasteiger partial charge on any atom is -0.392 e. The number of nitrogens with one attached hydrogen (secondary N) is 2. The molecule has 0 aliphatic carbocycles. The van der Waals surface area contributed by atoms with Crippen molar-refractivity contribution in [3.63, 3.8) is 0 Å². The summed E-state index contributed by atoms with van der Waals surface area (Å²) in [4.78, 5) is 25.1. The third-order valence-corrected chi connectivity index (χ3v) is 6.68. The van der Waals surface area contributed by atoms with Crippen molar-refractivity contribution in [1.29, 1.82) is 0 Å². The molecule has 3 aromatic carbocycles. The molecular weight excluding hydrogens is 495 g/mol. The quantitative estimate of drug-likeness (QED) is 0.284. The van der Waals surface area contributed by atoms with Crippen molar-refractivity contribution in [2.24, 2.45) is 0 Å². The van der Waals surface area contributed by atoms with Crippen molar-refractivity contribution in [2.75, 3.05) is 48.3 Å². The van der Waals surface area contributed by atoms with Gasteiger partial charge in [0, 0.05) is 61.2 Å². The van der Waals surface area contributed by atoms with Gasteiger partial charge in [-0.25, -0.2) is 14.4 Å². The van der Waals surface area contributed by atoms with Gasteiger partial charge < -0.3 is 20.6 Å². The lowest BCUT2D eigenvalue weighted by Crippen LogP contribution is -2.48. The first kappa shape index (κ1) is 26.3. The molecule has 0 radical (unpaired) electrons. The number of fused-ring (bicyclic) bond motifs is 1. The van der Waals surface area contributed by atoms with E-state index in [9.17, 15) is 9.90 Å². The summed E-state index contributed by atoms with van der Waals surface area (Å²) in [6.45, 7) is 8.86. The van der Waals surface area contributed by atoms with Crippen LogP contribution in [0.1, 0.15) is 6.92 Å². The third kappa shape index (κ3) is 6.22. The highest BCUT2D eigenvalue weighted by Gasteiger charge is 2.20. The molecule has 8 nitrogen and oxygen atoms in total. The second-order valence-corrected chi connectivity index (χ2v) is 9.64. The largest absolute Gasteiger partial charge is 0.392 e. The Bertz CT molecular complexity index is 1500. The van der Waals surface area contributed by atoms with Gasteiger partial charge in [0.15, 0.2) is 0 Å². The maximum absolute atomic E-state index is 15.1. The fourth-order valence-electron chi connectivity index (χ4n) is 4.82. The van der Waals surface area contributed by atoms with Crippen LogP contribution in [0, 0.1) is 5.82 Å². The lowest BCUT2D eigenvalue weighted by Gasteiger charge is -2.36. The van der Waals surface area contributed by atoms with Gasteiger partial charge in [0.2, 0.25) is 11.9 Å². The van der Waals surface area contributed by atoms with Crippen LogP contribution in [0.5, 0.6) is 0 Å². The van der Waals surface area contributed by atoms with E-state index in [1.54, 1.807) is 19.2 Å². The molecule has 2 heterocycles. The number of anilines is 4. The Hall–Kier alpha value is -4.34. The molecule has 200 valence electrons. The summed E-state index contributed by atoms with van der Waals surface area (Å²) in [5.74, 6) is -0.246. The summed E-state index contributed by atoms with van der Waals surface area (Å²) in [6, 6.07) is 18.4. The molecule has 0 saturated carbocycles. The third-order valence-electron chi connectivity index (χ3n) is 6.68. The van der Waals surface area contributed by atoms with Crippen molar-refractivity contribution in [2.45, 2.75) is 13.0 Å². The van der Waals surface area contributed by atoms with Gasteiger partial charge in [0.1, 0.15) is 5.82 Å². The van der Waals surface area contributed by atoms with Crippen molar-refractivity contribution >= 4 is 39.8 Å². The molecule has 1 aromatic heterocycles. The maximum atomic E-state index is 15.1. The Balaban J connectivity index is 1.35. The van der Waals surface area contributed by atoms with Crippen LogP contribution >= 0.6 is 0 Å². The first-order valence-corrected chi connectivity index (χ1v) is 12.9. The molecule has 1 atom stereocenters. The zero-order valence-corrected chi connectivity index (χ0v) is 21.8. The number of halogens is 1. The fourth-order valence-corrected chi connectivity index (χ4v) is 4.82. The van der Waals surface area contributed by atoms with E-state index in [-0.39, 0.29) is 17.8 Å². The monoisotopic (exact) mass is 526 g/mol. The molecule has 1 saturated heterocycles. The van der Waals surface area contributed by atoms with E-state index in [0.29, 0.717) is 42.6 Å². The number of aliphatic hydroxyl groups is 1. The average molecular weight is 527 g/mol. The van der Waals surface area contributed by atoms with Crippen molar-refractivity contribution in [3.8, 4) is 11.1 Å². The van der Waals surface area contributed by atoms with E-state index in [1.807, 2.05) is 53.4 Å². The zero-order chi connectivity index (χ0) is 27.4. The molecule has 1 fully saturated rings. The second kappa shape index (κ2) is 11.6. The van der Waals surface area contributed by atoms with Crippen LogP contribution in [0.3, 0.4) is 0 Å². The first-order chi connectivity index (χ1) is 18.9. The maximum Gasteiger partial charge on any atom is 0.247 e. The molecule has 3 N–H and O–H groups in total. The number of β-amino-alcohol motifs (C(OH)–C–C–N with tert-alkyl or cyclic N) is 1. The highest BCUT2D eigenvalue weighted by Crippen LogP contribution is 2.30. The van der Waals surface area contributed by atoms with E-state index in [1.165, 1.54) is 12.1 Å². The molecule has 1 aliphatic heterocycles. The number of aliphatic hydroxyl groups excluding tert-OH is 1.